The van der Waals surface area contributed by atoms with Crippen molar-refractivity contribution in [2.45, 2.75) is 44.1 Å². The molecule has 0 aliphatic carbocycles. The number of hydrogen-bond acceptors (Lipinski definition) is 4. The maximum atomic E-state index is 13.1. The monoisotopic (exact) mass is 372 g/mol. The topological polar surface area (TPSA) is 42.0 Å². The summed E-state index contributed by atoms with van der Waals surface area (Å²) in [4.78, 5) is 17.8. The molecule has 4 rings (SSSR count). The first kappa shape index (κ1) is 18.9. The summed E-state index contributed by atoms with van der Waals surface area (Å²) in [6.45, 7) is 7.13. The lowest BCUT2D eigenvalue weighted by Gasteiger charge is -2.34. The molecule has 148 valence electrons. The lowest BCUT2D eigenvalue weighted by molar-refractivity contribution is 0.0135. The highest BCUT2D eigenvalue weighted by Crippen LogP contribution is 2.27. The Labute approximate surface area is 162 Å². The number of likely N-dealkylation sites (tertiary alicyclic amines) is 1. The van der Waals surface area contributed by atoms with Gasteiger partial charge in [-0.15, -0.1) is 0 Å². The number of rotatable bonds is 3. The van der Waals surface area contributed by atoms with Crippen molar-refractivity contribution in [3.8, 4) is 0 Å². The van der Waals surface area contributed by atoms with Crippen LogP contribution >= 0.6 is 0 Å². The smallest absolute Gasteiger partial charge is 0.253 e. The summed E-state index contributed by atoms with van der Waals surface area (Å²) in [6.07, 6.45) is 5.61. The minimum atomic E-state index is 0.191. The molecule has 3 heterocycles. The molecular formula is C22H32N2O3. The van der Waals surface area contributed by atoms with Crippen LogP contribution in [0.15, 0.2) is 24.3 Å². The third-order valence-electron chi connectivity index (χ3n) is 6.31. The van der Waals surface area contributed by atoms with Crippen LogP contribution in [0.25, 0.3) is 0 Å². The van der Waals surface area contributed by atoms with Gasteiger partial charge in [0.15, 0.2) is 0 Å². The van der Waals surface area contributed by atoms with E-state index in [1.807, 2.05) is 12.1 Å². The summed E-state index contributed by atoms with van der Waals surface area (Å²) in [5.74, 6) is 0.623. The number of ether oxygens (including phenoxy) is 2. The Hall–Kier alpha value is -1.43. The summed E-state index contributed by atoms with van der Waals surface area (Å²) < 4.78 is 11.1. The molecule has 3 fully saturated rings. The fourth-order valence-electron chi connectivity index (χ4n) is 4.70. The van der Waals surface area contributed by atoms with Gasteiger partial charge in [-0.3, -0.25) is 9.69 Å². The first-order valence-corrected chi connectivity index (χ1v) is 10.6. The van der Waals surface area contributed by atoms with Crippen molar-refractivity contribution in [3.05, 3.63) is 35.4 Å². The van der Waals surface area contributed by atoms with Gasteiger partial charge in [-0.25, -0.2) is 0 Å². The van der Waals surface area contributed by atoms with Crippen molar-refractivity contribution in [3.63, 3.8) is 0 Å². The van der Waals surface area contributed by atoms with Gasteiger partial charge in [-0.1, -0.05) is 12.1 Å². The lowest BCUT2D eigenvalue weighted by atomic mass is 9.92. The van der Waals surface area contributed by atoms with Crippen molar-refractivity contribution in [1.29, 1.82) is 0 Å². The Morgan fingerprint density at radius 1 is 0.926 bits per heavy atom. The maximum absolute atomic E-state index is 13.1. The summed E-state index contributed by atoms with van der Waals surface area (Å²) >= 11 is 0. The minimum absolute atomic E-state index is 0.191. The summed E-state index contributed by atoms with van der Waals surface area (Å²) in [7, 11) is 0. The molecule has 2 unspecified atom stereocenters. The van der Waals surface area contributed by atoms with E-state index in [9.17, 15) is 4.79 Å². The van der Waals surface area contributed by atoms with Crippen LogP contribution < -0.4 is 0 Å². The van der Waals surface area contributed by atoms with Crippen LogP contribution in [0, 0.1) is 0 Å². The third-order valence-corrected chi connectivity index (χ3v) is 6.31. The van der Waals surface area contributed by atoms with Crippen LogP contribution in [0.2, 0.25) is 0 Å². The standard InChI is InChI=1S/C22H32N2O3/c25-22(19-5-1-4-18(16-19)20-6-3-13-27-17-20)24-9-2-7-21(8-10-24)23-11-14-26-15-12-23/h1,4-5,16,20-21H,2-3,6-15,17H2. The van der Waals surface area contributed by atoms with E-state index in [0.717, 1.165) is 83.9 Å². The molecule has 1 aromatic rings. The molecule has 1 amide bonds. The number of hydrogen-bond donors (Lipinski definition) is 0. The average Bonchev–Trinajstić information content (AvgIpc) is 3.01. The molecule has 0 spiro atoms. The zero-order valence-electron chi connectivity index (χ0n) is 16.3. The number of amides is 1. The van der Waals surface area contributed by atoms with Gasteiger partial charge in [0.05, 0.1) is 19.8 Å². The van der Waals surface area contributed by atoms with Gasteiger partial charge in [0.25, 0.3) is 5.91 Å². The van der Waals surface area contributed by atoms with Gasteiger partial charge in [-0.05, 0) is 49.8 Å². The minimum Gasteiger partial charge on any atom is -0.381 e. The summed E-state index contributed by atoms with van der Waals surface area (Å²) in [5.41, 5.74) is 2.09. The Morgan fingerprint density at radius 3 is 2.63 bits per heavy atom. The van der Waals surface area contributed by atoms with Crippen LogP contribution in [0.1, 0.15) is 53.9 Å². The highest BCUT2D eigenvalue weighted by atomic mass is 16.5. The number of carbonyl (C=O) groups is 1. The summed E-state index contributed by atoms with van der Waals surface area (Å²) in [5, 5.41) is 0. The van der Waals surface area contributed by atoms with E-state index in [-0.39, 0.29) is 5.91 Å². The molecule has 27 heavy (non-hydrogen) atoms. The van der Waals surface area contributed by atoms with Crippen molar-refractivity contribution in [2.75, 3.05) is 52.6 Å². The Kier molecular flexibility index (Phi) is 6.43. The van der Waals surface area contributed by atoms with Gasteiger partial charge in [0.1, 0.15) is 0 Å². The second-order valence-corrected chi connectivity index (χ2v) is 8.06. The van der Waals surface area contributed by atoms with Crippen LogP contribution in [0.3, 0.4) is 0 Å². The first-order valence-electron chi connectivity index (χ1n) is 10.6. The number of carbonyl (C=O) groups excluding carboxylic acids is 1. The molecule has 5 nitrogen and oxygen atoms in total. The second-order valence-electron chi connectivity index (χ2n) is 8.06. The fraction of sp³-hybridized carbons (Fsp3) is 0.682. The molecule has 3 aliphatic heterocycles. The van der Waals surface area contributed by atoms with Crippen molar-refractivity contribution in [2.24, 2.45) is 0 Å². The molecule has 3 aliphatic rings. The molecular weight excluding hydrogens is 340 g/mol. The molecule has 0 aromatic heterocycles. The molecule has 3 saturated heterocycles. The van der Waals surface area contributed by atoms with E-state index in [1.165, 1.54) is 12.0 Å². The molecule has 2 atom stereocenters. The van der Waals surface area contributed by atoms with Gasteiger partial charge in [0, 0.05) is 50.3 Å². The van der Waals surface area contributed by atoms with Gasteiger partial charge in [0.2, 0.25) is 0 Å². The first-order chi connectivity index (χ1) is 13.3. The fourth-order valence-corrected chi connectivity index (χ4v) is 4.70. The lowest BCUT2D eigenvalue weighted by Crippen LogP contribution is -2.44. The number of nitrogens with zero attached hydrogens (tertiary/aromatic N) is 2. The van der Waals surface area contributed by atoms with E-state index in [2.05, 4.69) is 21.9 Å². The predicted octanol–water partition coefficient (Wildman–Crippen LogP) is 2.91. The maximum Gasteiger partial charge on any atom is 0.253 e. The summed E-state index contributed by atoms with van der Waals surface area (Å²) in [6, 6.07) is 8.85. The zero-order valence-corrected chi connectivity index (χ0v) is 16.3. The van der Waals surface area contributed by atoms with Crippen LogP contribution in [-0.4, -0.2) is 74.4 Å². The Balaban J connectivity index is 1.39. The Bertz CT molecular complexity index is 624. The predicted molar refractivity (Wildman–Crippen MR) is 105 cm³/mol. The second kappa shape index (κ2) is 9.18. The van der Waals surface area contributed by atoms with E-state index >= 15 is 0 Å². The zero-order chi connectivity index (χ0) is 18.5. The number of morpholine rings is 1. The quantitative estimate of drug-likeness (QED) is 0.818. The molecule has 0 saturated carbocycles. The van der Waals surface area contributed by atoms with Crippen molar-refractivity contribution >= 4 is 5.91 Å². The van der Waals surface area contributed by atoms with Crippen LogP contribution in [0.4, 0.5) is 0 Å². The average molecular weight is 373 g/mol. The molecule has 0 N–H and O–H groups in total. The van der Waals surface area contributed by atoms with E-state index < -0.39 is 0 Å². The van der Waals surface area contributed by atoms with Gasteiger partial charge < -0.3 is 14.4 Å². The van der Waals surface area contributed by atoms with Crippen LogP contribution in [0.5, 0.6) is 0 Å². The Morgan fingerprint density at radius 2 is 1.81 bits per heavy atom. The highest BCUT2D eigenvalue weighted by Gasteiger charge is 2.26. The third kappa shape index (κ3) is 4.71. The van der Waals surface area contributed by atoms with E-state index in [1.54, 1.807) is 0 Å². The normalized spacial score (nSPS) is 27.9. The molecule has 0 bridgehead atoms. The molecule has 1 aromatic carbocycles. The van der Waals surface area contributed by atoms with E-state index in [0.29, 0.717) is 12.0 Å². The SMILES string of the molecule is O=C(c1cccc(C2CCCOC2)c1)N1CCCC(N2CCOCC2)CC1. The van der Waals surface area contributed by atoms with E-state index in [4.69, 9.17) is 9.47 Å². The molecule has 0 radical (unpaired) electrons. The highest BCUT2D eigenvalue weighted by molar-refractivity contribution is 5.94. The van der Waals surface area contributed by atoms with Gasteiger partial charge >= 0.3 is 0 Å². The van der Waals surface area contributed by atoms with Crippen LogP contribution in [-0.2, 0) is 9.47 Å². The molecule has 5 heteroatoms. The largest absolute Gasteiger partial charge is 0.381 e. The van der Waals surface area contributed by atoms with Crippen molar-refractivity contribution in [1.82, 2.24) is 9.80 Å². The van der Waals surface area contributed by atoms with Crippen molar-refractivity contribution < 1.29 is 14.3 Å². The van der Waals surface area contributed by atoms with Gasteiger partial charge in [-0.2, -0.15) is 0 Å². The number of benzene rings is 1.